The summed E-state index contributed by atoms with van der Waals surface area (Å²) in [6.07, 6.45) is 4.56. The molecule has 2 aromatic carbocycles. The number of hydrogen-bond acceptors (Lipinski definition) is 4. The predicted octanol–water partition coefficient (Wildman–Crippen LogP) is 4.55. The Bertz CT molecular complexity index is 784. The van der Waals surface area contributed by atoms with Gasteiger partial charge in [0.05, 0.1) is 4.90 Å². The highest BCUT2D eigenvalue weighted by Gasteiger charge is 2.16. The molecule has 24 heavy (non-hydrogen) atoms. The molecule has 0 saturated heterocycles. The Morgan fingerprint density at radius 3 is 2.42 bits per heavy atom. The molecule has 0 atom stereocenters. The Labute approximate surface area is 142 Å². The summed E-state index contributed by atoms with van der Waals surface area (Å²) in [5.74, 6) is 0.992. The van der Waals surface area contributed by atoms with E-state index in [1.807, 2.05) is 0 Å². The van der Waals surface area contributed by atoms with Crippen LogP contribution >= 0.6 is 0 Å². The van der Waals surface area contributed by atoms with Crippen LogP contribution in [0, 0.1) is 0 Å². The molecule has 2 N–H and O–H groups in total. The summed E-state index contributed by atoms with van der Waals surface area (Å²) in [6.45, 7) is 2.10. The third-order valence-corrected chi connectivity index (χ3v) is 4.62. The largest absolute Gasteiger partial charge is 0.508 e. The van der Waals surface area contributed by atoms with Gasteiger partial charge < -0.3 is 9.84 Å². The average molecular weight is 350 g/mol. The molecule has 0 aromatic heterocycles. The molecule has 0 amide bonds. The first-order valence-corrected chi connectivity index (χ1v) is 9.41. The van der Waals surface area contributed by atoms with Crippen LogP contribution in [0.5, 0.6) is 17.2 Å². The Hall–Kier alpha value is -2.05. The van der Waals surface area contributed by atoms with Gasteiger partial charge in [0.1, 0.15) is 17.2 Å². The summed E-state index contributed by atoms with van der Waals surface area (Å²) in [5, 5.41) is 9.47. The van der Waals surface area contributed by atoms with Gasteiger partial charge in [0, 0.05) is 6.07 Å². The zero-order valence-corrected chi connectivity index (χ0v) is 14.4. The SMILES string of the molecule is CCCCCCc1cc(Oc2cccc(O)c2)ccc1S(=O)(=O)O. The monoisotopic (exact) mass is 350 g/mol. The minimum absolute atomic E-state index is 0.0812. The summed E-state index contributed by atoms with van der Waals surface area (Å²) in [6, 6.07) is 10.8. The van der Waals surface area contributed by atoms with Crippen LogP contribution in [0.25, 0.3) is 0 Å². The van der Waals surface area contributed by atoms with E-state index in [0.717, 1.165) is 25.7 Å². The van der Waals surface area contributed by atoms with Crippen molar-refractivity contribution in [3.8, 4) is 17.2 Å². The molecular weight excluding hydrogens is 328 g/mol. The molecule has 0 spiro atoms. The van der Waals surface area contributed by atoms with E-state index >= 15 is 0 Å². The van der Waals surface area contributed by atoms with Crippen molar-refractivity contribution in [1.82, 2.24) is 0 Å². The van der Waals surface area contributed by atoms with Crippen LogP contribution in [0.15, 0.2) is 47.4 Å². The van der Waals surface area contributed by atoms with Gasteiger partial charge >= 0.3 is 0 Å². The van der Waals surface area contributed by atoms with E-state index in [1.165, 1.54) is 24.3 Å². The van der Waals surface area contributed by atoms with Gasteiger partial charge in [-0.25, -0.2) is 0 Å². The highest BCUT2D eigenvalue weighted by Crippen LogP contribution is 2.28. The number of hydrogen-bond donors (Lipinski definition) is 2. The van der Waals surface area contributed by atoms with Crippen LogP contribution in [0.3, 0.4) is 0 Å². The molecule has 0 aliphatic carbocycles. The quantitative estimate of drug-likeness (QED) is 0.539. The molecule has 130 valence electrons. The van der Waals surface area contributed by atoms with E-state index in [1.54, 1.807) is 18.2 Å². The van der Waals surface area contributed by atoms with Crippen LogP contribution < -0.4 is 4.74 Å². The second-order valence-corrected chi connectivity index (χ2v) is 7.04. The van der Waals surface area contributed by atoms with Gasteiger partial charge in [0.15, 0.2) is 0 Å². The first kappa shape index (κ1) is 18.3. The average Bonchev–Trinajstić information content (AvgIpc) is 2.51. The Morgan fingerprint density at radius 2 is 1.75 bits per heavy atom. The van der Waals surface area contributed by atoms with Gasteiger partial charge in [-0.05, 0) is 48.7 Å². The van der Waals surface area contributed by atoms with Crippen LogP contribution in [-0.2, 0) is 16.5 Å². The van der Waals surface area contributed by atoms with Gasteiger partial charge in [0.2, 0.25) is 0 Å². The van der Waals surface area contributed by atoms with Crippen molar-refractivity contribution < 1.29 is 22.8 Å². The summed E-state index contributed by atoms with van der Waals surface area (Å²) >= 11 is 0. The lowest BCUT2D eigenvalue weighted by Gasteiger charge is -2.11. The van der Waals surface area contributed by atoms with Crippen LogP contribution in [0.1, 0.15) is 38.2 Å². The minimum Gasteiger partial charge on any atom is -0.508 e. The molecule has 5 nitrogen and oxygen atoms in total. The van der Waals surface area contributed by atoms with Crippen molar-refractivity contribution in [1.29, 1.82) is 0 Å². The third kappa shape index (κ3) is 5.25. The minimum atomic E-state index is -4.27. The number of rotatable bonds is 8. The maximum atomic E-state index is 11.5. The normalized spacial score (nSPS) is 11.4. The molecule has 0 radical (unpaired) electrons. The lowest BCUT2D eigenvalue weighted by molar-refractivity contribution is 0.454. The lowest BCUT2D eigenvalue weighted by Crippen LogP contribution is -2.04. The molecule has 0 bridgehead atoms. The predicted molar refractivity (Wildman–Crippen MR) is 92.3 cm³/mol. The number of aryl methyl sites for hydroxylation is 1. The number of ether oxygens (including phenoxy) is 1. The van der Waals surface area contributed by atoms with Crippen LogP contribution in [0.2, 0.25) is 0 Å². The lowest BCUT2D eigenvalue weighted by atomic mass is 10.1. The van der Waals surface area contributed by atoms with Crippen LogP contribution in [0.4, 0.5) is 0 Å². The van der Waals surface area contributed by atoms with Crippen molar-refractivity contribution >= 4 is 10.1 Å². The first-order chi connectivity index (χ1) is 11.4. The number of phenolic OH excluding ortho intramolecular Hbond substituents is 1. The highest BCUT2D eigenvalue weighted by molar-refractivity contribution is 7.85. The molecule has 0 fully saturated rings. The van der Waals surface area contributed by atoms with E-state index in [2.05, 4.69) is 6.92 Å². The fourth-order valence-electron chi connectivity index (χ4n) is 2.49. The van der Waals surface area contributed by atoms with Gasteiger partial charge in [-0.2, -0.15) is 8.42 Å². The number of unbranched alkanes of at least 4 members (excludes halogenated alkanes) is 3. The molecule has 6 heteroatoms. The fourth-order valence-corrected chi connectivity index (χ4v) is 3.22. The van der Waals surface area contributed by atoms with Crippen molar-refractivity contribution in [2.45, 2.75) is 43.9 Å². The van der Waals surface area contributed by atoms with Gasteiger partial charge in [-0.15, -0.1) is 0 Å². The summed E-state index contributed by atoms with van der Waals surface area (Å²) in [7, 11) is -4.27. The van der Waals surface area contributed by atoms with Crippen molar-refractivity contribution in [2.75, 3.05) is 0 Å². The highest BCUT2D eigenvalue weighted by atomic mass is 32.2. The third-order valence-electron chi connectivity index (χ3n) is 3.66. The number of aromatic hydroxyl groups is 1. The van der Waals surface area contributed by atoms with Crippen molar-refractivity contribution in [3.05, 3.63) is 48.0 Å². The summed E-state index contributed by atoms with van der Waals surface area (Å²) < 4.78 is 38.1. The molecule has 2 aromatic rings. The Balaban J connectivity index is 2.24. The standard InChI is InChI=1S/C18H22O5S/c1-2-3-4-5-7-14-12-17(10-11-18(14)24(20,21)22)23-16-9-6-8-15(19)13-16/h6,8-13,19H,2-5,7H2,1H3,(H,20,21,22). The molecular formula is C18H22O5S. The van der Waals surface area contributed by atoms with Crippen molar-refractivity contribution in [3.63, 3.8) is 0 Å². The fraction of sp³-hybridized carbons (Fsp3) is 0.333. The van der Waals surface area contributed by atoms with Crippen LogP contribution in [-0.4, -0.2) is 18.1 Å². The molecule has 0 unspecified atom stereocenters. The second-order valence-electron chi connectivity index (χ2n) is 5.65. The molecule has 0 heterocycles. The maximum absolute atomic E-state index is 11.5. The van der Waals surface area contributed by atoms with Crippen molar-refractivity contribution in [2.24, 2.45) is 0 Å². The topological polar surface area (TPSA) is 83.8 Å². The van der Waals surface area contributed by atoms with E-state index in [0.29, 0.717) is 23.5 Å². The second kappa shape index (κ2) is 8.17. The number of benzene rings is 2. The zero-order valence-electron chi connectivity index (χ0n) is 13.6. The van der Waals surface area contributed by atoms with E-state index in [9.17, 15) is 18.1 Å². The van der Waals surface area contributed by atoms with E-state index in [-0.39, 0.29) is 10.6 Å². The summed E-state index contributed by atoms with van der Waals surface area (Å²) in [4.78, 5) is -0.0812. The van der Waals surface area contributed by atoms with Gasteiger partial charge in [-0.3, -0.25) is 4.55 Å². The summed E-state index contributed by atoms with van der Waals surface area (Å²) in [5.41, 5.74) is 0.534. The molecule has 0 saturated carbocycles. The van der Waals surface area contributed by atoms with Gasteiger partial charge in [0.25, 0.3) is 10.1 Å². The molecule has 0 aliphatic rings. The van der Waals surface area contributed by atoms with E-state index in [4.69, 9.17) is 4.74 Å². The zero-order chi connectivity index (χ0) is 17.6. The Morgan fingerprint density at radius 1 is 1.00 bits per heavy atom. The smallest absolute Gasteiger partial charge is 0.294 e. The maximum Gasteiger partial charge on any atom is 0.294 e. The van der Waals surface area contributed by atoms with E-state index < -0.39 is 10.1 Å². The Kier molecular flexibility index (Phi) is 6.23. The first-order valence-electron chi connectivity index (χ1n) is 7.97. The van der Waals surface area contributed by atoms with Gasteiger partial charge in [-0.1, -0.05) is 32.3 Å². The number of phenols is 1. The molecule has 0 aliphatic heterocycles. The molecule has 2 rings (SSSR count).